The van der Waals surface area contributed by atoms with Crippen LogP contribution in [0.1, 0.15) is 24.2 Å². The van der Waals surface area contributed by atoms with Crippen molar-refractivity contribution in [2.75, 3.05) is 6.54 Å². The first kappa shape index (κ1) is 17.9. The molecule has 1 aliphatic rings. The molecular weight excluding hydrogens is 362 g/mol. The maximum Gasteiger partial charge on any atom is 0.261 e. The Balaban J connectivity index is 1.79. The molecule has 1 fully saturated rings. The molecule has 6 heteroatoms. The number of fused-ring (bicyclic) bond motifs is 1. The third-order valence-electron chi connectivity index (χ3n) is 4.96. The molecule has 4 rings (SSSR count). The SMILES string of the molecule is O=C(Cc1nc2cc(Cl)ccc2c(=O)n1Cc1ccccc1)C1CCCN1. The average molecular weight is 382 g/mol. The molecule has 0 spiro atoms. The van der Waals surface area contributed by atoms with Crippen LogP contribution in [0.3, 0.4) is 0 Å². The Hall–Kier alpha value is -2.50. The predicted molar refractivity (Wildman–Crippen MR) is 106 cm³/mol. The fraction of sp³-hybridized carbons (Fsp3) is 0.286. The molecule has 138 valence electrons. The van der Waals surface area contributed by atoms with E-state index in [0.717, 1.165) is 24.9 Å². The van der Waals surface area contributed by atoms with E-state index in [4.69, 9.17) is 11.6 Å². The smallest absolute Gasteiger partial charge is 0.261 e. The molecule has 1 unspecified atom stereocenters. The Morgan fingerprint density at radius 3 is 2.78 bits per heavy atom. The van der Waals surface area contributed by atoms with Gasteiger partial charge in [-0.05, 0) is 43.1 Å². The van der Waals surface area contributed by atoms with Crippen LogP contribution < -0.4 is 10.9 Å². The normalized spacial score (nSPS) is 16.7. The summed E-state index contributed by atoms with van der Waals surface area (Å²) in [6.07, 6.45) is 1.96. The first-order valence-corrected chi connectivity index (χ1v) is 9.48. The molecule has 0 aliphatic carbocycles. The fourth-order valence-corrected chi connectivity index (χ4v) is 3.71. The molecule has 3 aromatic rings. The molecule has 2 heterocycles. The summed E-state index contributed by atoms with van der Waals surface area (Å²) in [5.41, 5.74) is 1.36. The van der Waals surface area contributed by atoms with Gasteiger partial charge in [0.2, 0.25) is 0 Å². The average Bonchev–Trinajstić information content (AvgIpc) is 3.20. The number of ketones is 1. The zero-order chi connectivity index (χ0) is 18.8. The van der Waals surface area contributed by atoms with Crippen LogP contribution in [-0.4, -0.2) is 27.9 Å². The van der Waals surface area contributed by atoms with Crippen molar-refractivity contribution in [3.8, 4) is 0 Å². The van der Waals surface area contributed by atoms with Crippen LogP contribution in [-0.2, 0) is 17.8 Å². The van der Waals surface area contributed by atoms with Crippen molar-refractivity contribution in [3.05, 3.63) is 75.3 Å². The van der Waals surface area contributed by atoms with Gasteiger partial charge in [0.15, 0.2) is 5.78 Å². The van der Waals surface area contributed by atoms with Crippen molar-refractivity contribution in [2.24, 2.45) is 0 Å². The molecule has 1 N–H and O–H groups in total. The van der Waals surface area contributed by atoms with Crippen LogP contribution in [0.2, 0.25) is 5.02 Å². The first-order chi connectivity index (χ1) is 13.1. The van der Waals surface area contributed by atoms with Gasteiger partial charge in [0.25, 0.3) is 5.56 Å². The lowest BCUT2D eigenvalue weighted by atomic mass is 10.1. The van der Waals surface area contributed by atoms with Gasteiger partial charge in [0.05, 0.1) is 29.9 Å². The third-order valence-corrected chi connectivity index (χ3v) is 5.20. The van der Waals surface area contributed by atoms with E-state index in [-0.39, 0.29) is 23.8 Å². The van der Waals surface area contributed by atoms with E-state index >= 15 is 0 Å². The molecule has 1 atom stereocenters. The van der Waals surface area contributed by atoms with E-state index in [1.165, 1.54) is 0 Å². The summed E-state index contributed by atoms with van der Waals surface area (Å²) < 4.78 is 1.61. The van der Waals surface area contributed by atoms with Crippen LogP contribution in [0.25, 0.3) is 10.9 Å². The lowest BCUT2D eigenvalue weighted by Crippen LogP contribution is -2.34. The molecule has 0 amide bonds. The lowest BCUT2D eigenvalue weighted by molar-refractivity contribution is -0.120. The van der Waals surface area contributed by atoms with E-state index in [9.17, 15) is 9.59 Å². The number of nitrogens with zero attached hydrogens (tertiary/aromatic N) is 2. The summed E-state index contributed by atoms with van der Waals surface area (Å²) in [5.74, 6) is 0.555. The fourth-order valence-electron chi connectivity index (χ4n) is 3.54. The maximum absolute atomic E-state index is 13.1. The van der Waals surface area contributed by atoms with Gasteiger partial charge in [-0.2, -0.15) is 0 Å². The van der Waals surface area contributed by atoms with Crippen LogP contribution >= 0.6 is 11.6 Å². The third kappa shape index (κ3) is 3.80. The van der Waals surface area contributed by atoms with E-state index < -0.39 is 0 Å². The summed E-state index contributed by atoms with van der Waals surface area (Å²) in [7, 11) is 0. The van der Waals surface area contributed by atoms with Crippen LogP contribution in [0.4, 0.5) is 0 Å². The standard InChI is InChI=1S/C21H20ClN3O2/c22-15-8-9-16-18(11-15)24-20(12-19(26)17-7-4-10-23-17)25(21(16)27)13-14-5-2-1-3-6-14/h1-3,5-6,8-9,11,17,23H,4,7,10,12-13H2. The topological polar surface area (TPSA) is 64.0 Å². The number of hydrogen-bond acceptors (Lipinski definition) is 4. The highest BCUT2D eigenvalue weighted by molar-refractivity contribution is 6.31. The number of Topliss-reactive ketones (excluding diaryl/α,β-unsaturated/α-hetero) is 1. The molecule has 0 bridgehead atoms. The largest absolute Gasteiger partial charge is 0.307 e. The second kappa shape index (κ2) is 7.62. The van der Waals surface area contributed by atoms with Gasteiger partial charge in [0.1, 0.15) is 5.82 Å². The van der Waals surface area contributed by atoms with Crippen molar-refractivity contribution in [1.82, 2.24) is 14.9 Å². The van der Waals surface area contributed by atoms with Crippen LogP contribution in [0.5, 0.6) is 0 Å². The number of carbonyl (C=O) groups excluding carboxylic acids is 1. The van der Waals surface area contributed by atoms with Gasteiger partial charge in [-0.1, -0.05) is 41.9 Å². The number of aromatic nitrogens is 2. The molecule has 5 nitrogen and oxygen atoms in total. The monoisotopic (exact) mass is 381 g/mol. The number of benzene rings is 2. The number of nitrogens with one attached hydrogen (secondary N) is 1. The van der Waals surface area contributed by atoms with Gasteiger partial charge >= 0.3 is 0 Å². The van der Waals surface area contributed by atoms with Crippen molar-refractivity contribution < 1.29 is 4.79 Å². The summed E-state index contributed by atoms with van der Waals surface area (Å²) in [6, 6.07) is 14.6. The highest BCUT2D eigenvalue weighted by Gasteiger charge is 2.24. The molecular formula is C21H20ClN3O2. The highest BCUT2D eigenvalue weighted by Crippen LogP contribution is 2.17. The minimum Gasteiger partial charge on any atom is -0.307 e. The maximum atomic E-state index is 13.1. The van der Waals surface area contributed by atoms with Gasteiger partial charge in [-0.3, -0.25) is 14.2 Å². The summed E-state index contributed by atoms with van der Waals surface area (Å²) >= 11 is 6.08. The van der Waals surface area contributed by atoms with Crippen molar-refractivity contribution in [1.29, 1.82) is 0 Å². The number of rotatable bonds is 5. The summed E-state index contributed by atoms with van der Waals surface area (Å²) in [6.45, 7) is 1.24. The Labute approximate surface area is 162 Å². The molecule has 1 aliphatic heterocycles. The molecule has 1 aromatic heterocycles. The molecule has 1 saturated heterocycles. The first-order valence-electron chi connectivity index (χ1n) is 9.11. The zero-order valence-electron chi connectivity index (χ0n) is 14.8. The Kier molecular flexibility index (Phi) is 5.05. The molecule has 2 aromatic carbocycles. The second-order valence-corrected chi connectivity index (χ2v) is 7.29. The summed E-state index contributed by atoms with van der Waals surface area (Å²) in [5, 5.41) is 4.24. The number of carbonyl (C=O) groups is 1. The second-order valence-electron chi connectivity index (χ2n) is 6.86. The van der Waals surface area contributed by atoms with E-state index in [0.29, 0.717) is 28.3 Å². The van der Waals surface area contributed by atoms with Crippen molar-refractivity contribution in [2.45, 2.75) is 31.8 Å². The minimum atomic E-state index is -0.151. The summed E-state index contributed by atoms with van der Waals surface area (Å²) in [4.78, 5) is 30.4. The van der Waals surface area contributed by atoms with Gasteiger partial charge in [0, 0.05) is 5.02 Å². The zero-order valence-corrected chi connectivity index (χ0v) is 15.6. The lowest BCUT2D eigenvalue weighted by Gasteiger charge is -2.15. The quantitative estimate of drug-likeness (QED) is 0.738. The van der Waals surface area contributed by atoms with Gasteiger partial charge in [-0.15, -0.1) is 0 Å². The number of halogens is 1. The predicted octanol–water partition coefficient (Wildman–Crippen LogP) is 2.96. The Morgan fingerprint density at radius 1 is 1.22 bits per heavy atom. The van der Waals surface area contributed by atoms with Crippen molar-refractivity contribution >= 4 is 28.3 Å². The molecule has 0 radical (unpaired) electrons. The minimum absolute atomic E-state index is 0.0718. The van der Waals surface area contributed by atoms with E-state index in [1.807, 2.05) is 30.3 Å². The molecule has 0 saturated carbocycles. The van der Waals surface area contributed by atoms with Gasteiger partial charge in [-0.25, -0.2) is 4.98 Å². The Morgan fingerprint density at radius 2 is 2.04 bits per heavy atom. The Bertz CT molecular complexity index is 1040. The van der Waals surface area contributed by atoms with Gasteiger partial charge < -0.3 is 5.32 Å². The van der Waals surface area contributed by atoms with Crippen LogP contribution in [0.15, 0.2) is 53.3 Å². The van der Waals surface area contributed by atoms with E-state index in [1.54, 1.807) is 22.8 Å². The van der Waals surface area contributed by atoms with Crippen LogP contribution in [0, 0.1) is 0 Å². The molecule has 27 heavy (non-hydrogen) atoms. The van der Waals surface area contributed by atoms with Crippen molar-refractivity contribution in [3.63, 3.8) is 0 Å². The highest BCUT2D eigenvalue weighted by atomic mass is 35.5. The number of hydrogen-bond donors (Lipinski definition) is 1. The van der Waals surface area contributed by atoms with E-state index in [2.05, 4.69) is 10.3 Å².